The first-order valence-corrected chi connectivity index (χ1v) is 6.20. The summed E-state index contributed by atoms with van der Waals surface area (Å²) in [7, 11) is 0. The highest BCUT2D eigenvalue weighted by atomic mass is 16.3. The topological polar surface area (TPSA) is 43.0 Å². The molecule has 0 aliphatic heterocycles. The monoisotopic (exact) mass is 253 g/mol. The lowest BCUT2D eigenvalue weighted by Gasteiger charge is -2.07. The number of anilines is 1. The molecule has 1 aromatic carbocycles. The summed E-state index contributed by atoms with van der Waals surface area (Å²) in [4.78, 5) is 0. The predicted octanol–water partition coefficient (Wildman–Crippen LogP) is 3.39. The van der Waals surface area contributed by atoms with Crippen molar-refractivity contribution in [1.82, 2.24) is 9.78 Å². The van der Waals surface area contributed by atoms with E-state index >= 15 is 0 Å². The number of aromatic nitrogens is 2. The Morgan fingerprint density at radius 3 is 2.95 bits per heavy atom. The molecule has 0 fully saturated rings. The number of rotatable bonds is 4. The first-order valence-electron chi connectivity index (χ1n) is 6.20. The quantitative estimate of drug-likeness (QED) is 0.775. The van der Waals surface area contributed by atoms with Crippen molar-refractivity contribution in [3.63, 3.8) is 0 Å². The number of hydrogen-bond donors (Lipinski definition) is 1. The van der Waals surface area contributed by atoms with E-state index in [1.807, 2.05) is 48.1 Å². The number of furan rings is 1. The Morgan fingerprint density at radius 2 is 2.21 bits per heavy atom. The minimum absolute atomic E-state index is 0.682. The predicted molar refractivity (Wildman–Crippen MR) is 74.3 cm³/mol. The first kappa shape index (κ1) is 11.6. The van der Waals surface area contributed by atoms with Gasteiger partial charge < -0.3 is 9.73 Å². The van der Waals surface area contributed by atoms with Crippen LogP contribution >= 0.6 is 0 Å². The summed E-state index contributed by atoms with van der Waals surface area (Å²) >= 11 is 0. The molecule has 96 valence electrons. The number of aryl methyl sites for hydroxylation is 1. The number of benzene rings is 1. The van der Waals surface area contributed by atoms with E-state index in [0.717, 1.165) is 22.7 Å². The molecule has 3 aromatic rings. The van der Waals surface area contributed by atoms with Gasteiger partial charge >= 0.3 is 0 Å². The maximum atomic E-state index is 5.41. The van der Waals surface area contributed by atoms with Crippen molar-refractivity contribution in [2.45, 2.75) is 13.5 Å². The third-order valence-electron chi connectivity index (χ3n) is 3.04. The van der Waals surface area contributed by atoms with Gasteiger partial charge in [0.2, 0.25) is 0 Å². The highest BCUT2D eigenvalue weighted by Crippen LogP contribution is 2.16. The third kappa shape index (κ3) is 2.52. The van der Waals surface area contributed by atoms with Gasteiger partial charge in [-0.15, -0.1) is 0 Å². The van der Waals surface area contributed by atoms with Gasteiger partial charge in [-0.05, 0) is 42.8 Å². The van der Waals surface area contributed by atoms with Gasteiger partial charge in [0.1, 0.15) is 5.76 Å². The second kappa shape index (κ2) is 5.02. The molecular weight excluding hydrogens is 238 g/mol. The zero-order valence-corrected chi connectivity index (χ0v) is 10.7. The van der Waals surface area contributed by atoms with Crippen LogP contribution in [0.5, 0.6) is 0 Å². The van der Waals surface area contributed by atoms with Gasteiger partial charge in [0.05, 0.1) is 18.5 Å². The van der Waals surface area contributed by atoms with Crippen molar-refractivity contribution in [2.24, 2.45) is 0 Å². The van der Waals surface area contributed by atoms with Gasteiger partial charge in [-0.1, -0.05) is 6.07 Å². The van der Waals surface area contributed by atoms with Crippen LogP contribution in [-0.4, -0.2) is 9.78 Å². The van der Waals surface area contributed by atoms with Gasteiger partial charge in [-0.3, -0.25) is 0 Å². The Morgan fingerprint density at radius 1 is 1.26 bits per heavy atom. The van der Waals surface area contributed by atoms with E-state index in [0.29, 0.717) is 6.54 Å². The lowest BCUT2D eigenvalue weighted by Crippen LogP contribution is -2.01. The van der Waals surface area contributed by atoms with E-state index in [9.17, 15) is 0 Å². The largest absolute Gasteiger partial charge is 0.467 e. The number of nitrogens with one attached hydrogen (secondary N) is 1. The Balaban J connectivity index is 1.75. The fourth-order valence-corrected chi connectivity index (χ4v) is 1.95. The molecule has 0 bridgehead atoms. The number of hydrogen-bond acceptors (Lipinski definition) is 3. The van der Waals surface area contributed by atoms with Crippen molar-refractivity contribution in [1.29, 1.82) is 0 Å². The molecule has 2 heterocycles. The fraction of sp³-hybridized carbons (Fsp3) is 0.133. The number of nitrogens with zero attached hydrogens (tertiary/aromatic N) is 2. The van der Waals surface area contributed by atoms with Crippen LogP contribution in [0.3, 0.4) is 0 Å². The zero-order chi connectivity index (χ0) is 13.1. The normalized spacial score (nSPS) is 10.6. The molecule has 0 saturated carbocycles. The summed E-state index contributed by atoms with van der Waals surface area (Å²) in [6.07, 6.45) is 5.41. The molecule has 0 radical (unpaired) electrons. The molecule has 0 aliphatic rings. The summed E-state index contributed by atoms with van der Waals surface area (Å²) in [6.45, 7) is 2.72. The third-order valence-corrected chi connectivity index (χ3v) is 3.04. The summed E-state index contributed by atoms with van der Waals surface area (Å²) in [5.41, 5.74) is 3.24. The van der Waals surface area contributed by atoms with Gasteiger partial charge in [0.25, 0.3) is 0 Å². The molecule has 0 spiro atoms. The lowest BCUT2D eigenvalue weighted by molar-refractivity contribution is 0.515. The summed E-state index contributed by atoms with van der Waals surface area (Å²) in [5, 5.41) is 7.58. The summed E-state index contributed by atoms with van der Waals surface area (Å²) in [6, 6.07) is 12.0. The van der Waals surface area contributed by atoms with Gasteiger partial charge in [-0.25, -0.2) is 4.68 Å². The molecule has 0 amide bonds. The van der Waals surface area contributed by atoms with Crippen molar-refractivity contribution in [2.75, 3.05) is 5.32 Å². The highest BCUT2D eigenvalue weighted by Gasteiger charge is 2.02. The molecule has 4 heteroatoms. The van der Waals surface area contributed by atoms with Crippen LogP contribution in [0.15, 0.2) is 59.5 Å². The molecule has 2 aromatic heterocycles. The average Bonchev–Trinajstić information content (AvgIpc) is 3.08. The summed E-state index contributed by atoms with van der Waals surface area (Å²) < 4.78 is 7.25. The van der Waals surface area contributed by atoms with Crippen LogP contribution in [0, 0.1) is 6.92 Å². The van der Waals surface area contributed by atoms with E-state index in [1.54, 1.807) is 12.5 Å². The highest BCUT2D eigenvalue weighted by molar-refractivity contribution is 5.51. The van der Waals surface area contributed by atoms with E-state index < -0.39 is 0 Å². The zero-order valence-electron chi connectivity index (χ0n) is 10.7. The minimum atomic E-state index is 0.682. The van der Waals surface area contributed by atoms with Crippen LogP contribution < -0.4 is 5.32 Å². The van der Waals surface area contributed by atoms with Crippen LogP contribution in [0.2, 0.25) is 0 Å². The van der Waals surface area contributed by atoms with E-state index in [-0.39, 0.29) is 0 Å². The Labute approximate surface area is 111 Å². The average molecular weight is 253 g/mol. The van der Waals surface area contributed by atoms with Crippen molar-refractivity contribution in [3.05, 3.63) is 66.4 Å². The van der Waals surface area contributed by atoms with Gasteiger partial charge in [0, 0.05) is 18.1 Å². The van der Waals surface area contributed by atoms with Crippen LogP contribution in [0.4, 0.5) is 5.69 Å². The molecule has 0 saturated heterocycles. The molecule has 0 atom stereocenters. The molecule has 4 nitrogen and oxygen atoms in total. The summed E-state index contributed by atoms with van der Waals surface area (Å²) in [5.74, 6) is 0.962. The van der Waals surface area contributed by atoms with Crippen LogP contribution in [0.1, 0.15) is 11.3 Å². The van der Waals surface area contributed by atoms with Crippen molar-refractivity contribution < 1.29 is 4.42 Å². The SMILES string of the molecule is Cc1ccoc1CNc1cccc(-n2cccn2)c1. The van der Waals surface area contributed by atoms with E-state index in [4.69, 9.17) is 4.42 Å². The minimum Gasteiger partial charge on any atom is -0.467 e. The maximum Gasteiger partial charge on any atom is 0.125 e. The molecule has 3 rings (SSSR count). The second-order valence-corrected chi connectivity index (χ2v) is 4.38. The first-order chi connectivity index (χ1) is 9.33. The molecule has 0 unspecified atom stereocenters. The van der Waals surface area contributed by atoms with Crippen molar-refractivity contribution in [3.8, 4) is 5.69 Å². The standard InChI is InChI=1S/C15H15N3O/c1-12-6-9-19-15(12)11-16-13-4-2-5-14(10-13)18-8-3-7-17-18/h2-10,16H,11H2,1H3. The Bertz CT molecular complexity index is 656. The second-order valence-electron chi connectivity index (χ2n) is 4.38. The molecule has 19 heavy (non-hydrogen) atoms. The molecular formula is C15H15N3O. The van der Waals surface area contributed by atoms with Gasteiger partial charge in [0.15, 0.2) is 0 Å². The molecule has 1 N–H and O–H groups in total. The van der Waals surface area contributed by atoms with E-state index in [2.05, 4.69) is 16.5 Å². The van der Waals surface area contributed by atoms with E-state index in [1.165, 1.54) is 0 Å². The van der Waals surface area contributed by atoms with Gasteiger partial charge in [-0.2, -0.15) is 5.10 Å². The Kier molecular flexibility index (Phi) is 3.06. The smallest absolute Gasteiger partial charge is 0.125 e. The Hall–Kier alpha value is -2.49. The van der Waals surface area contributed by atoms with Crippen LogP contribution in [-0.2, 0) is 6.54 Å². The lowest BCUT2D eigenvalue weighted by atomic mass is 10.2. The van der Waals surface area contributed by atoms with Crippen molar-refractivity contribution >= 4 is 5.69 Å². The maximum absolute atomic E-state index is 5.41. The van der Waals surface area contributed by atoms with Crippen LogP contribution in [0.25, 0.3) is 5.69 Å². The fourth-order valence-electron chi connectivity index (χ4n) is 1.95. The molecule has 0 aliphatic carbocycles.